The maximum absolute atomic E-state index is 11.9. The first-order valence-corrected chi connectivity index (χ1v) is 7.21. The van der Waals surface area contributed by atoms with E-state index in [2.05, 4.69) is 21.2 Å². The van der Waals surface area contributed by atoms with Gasteiger partial charge in [-0.1, -0.05) is 15.9 Å². The highest BCUT2D eigenvalue weighted by Gasteiger charge is 2.25. The highest BCUT2D eigenvalue weighted by atomic mass is 79.9. The first-order valence-electron chi connectivity index (χ1n) is 4.77. The second kappa shape index (κ2) is 4.23. The smallest absolute Gasteiger partial charge is 0.178 e. The number of hydrogen-bond acceptors (Lipinski definition) is 3. The van der Waals surface area contributed by atoms with Crippen LogP contribution < -0.4 is 5.32 Å². The van der Waals surface area contributed by atoms with Gasteiger partial charge in [0.25, 0.3) is 0 Å². The van der Waals surface area contributed by atoms with Crippen LogP contribution in [0.2, 0.25) is 0 Å². The highest BCUT2D eigenvalue weighted by molar-refractivity contribution is 9.10. The van der Waals surface area contributed by atoms with Crippen molar-refractivity contribution in [1.82, 2.24) is 5.32 Å². The summed E-state index contributed by atoms with van der Waals surface area (Å²) in [6, 6.07) is 6.80. The first kappa shape index (κ1) is 11.1. The summed E-state index contributed by atoms with van der Waals surface area (Å²) in [5, 5.41) is 3.07. The molecule has 0 radical (unpaired) electrons. The van der Waals surface area contributed by atoms with Crippen LogP contribution in [0, 0.1) is 5.92 Å². The molecule has 1 heterocycles. The lowest BCUT2D eigenvalue weighted by Crippen LogP contribution is -2.45. The van der Waals surface area contributed by atoms with Crippen LogP contribution in [-0.2, 0) is 9.84 Å². The Hall–Kier alpha value is -0.390. The molecule has 0 aliphatic carbocycles. The molecule has 0 bridgehead atoms. The van der Waals surface area contributed by atoms with E-state index >= 15 is 0 Å². The summed E-state index contributed by atoms with van der Waals surface area (Å²) in [4.78, 5) is 0.414. The Morgan fingerprint density at radius 2 is 1.87 bits per heavy atom. The second-order valence-electron chi connectivity index (χ2n) is 3.76. The van der Waals surface area contributed by atoms with Crippen molar-refractivity contribution >= 4 is 25.8 Å². The molecule has 1 saturated heterocycles. The molecule has 1 aliphatic rings. The molecule has 15 heavy (non-hydrogen) atoms. The maximum Gasteiger partial charge on any atom is 0.178 e. The van der Waals surface area contributed by atoms with Gasteiger partial charge in [-0.25, -0.2) is 8.42 Å². The van der Waals surface area contributed by atoms with Crippen molar-refractivity contribution in [1.29, 1.82) is 0 Å². The van der Waals surface area contributed by atoms with Gasteiger partial charge in [0.05, 0.1) is 10.6 Å². The Bertz CT molecular complexity index is 437. The van der Waals surface area contributed by atoms with Crippen LogP contribution in [-0.4, -0.2) is 27.3 Å². The van der Waals surface area contributed by atoms with Crippen molar-refractivity contribution in [3.63, 3.8) is 0 Å². The van der Waals surface area contributed by atoms with E-state index in [1.54, 1.807) is 24.3 Å². The minimum atomic E-state index is -3.10. The van der Waals surface area contributed by atoms with Crippen molar-refractivity contribution in [2.75, 3.05) is 18.8 Å². The second-order valence-corrected chi connectivity index (χ2v) is 6.71. The molecule has 0 spiro atoms. The van der Waals surface area contributed by atoms with Crippen LogP contribution in [0.25, 0.3) is 0 Å². The fourth-order valence-electron chi connectivity index (χ4n) is 1.51. The summed E-state index contributed by atoms with van der Waals surface area (Å²) in [7, 11) is -3.10. The van der Waals surface area contributed by atoms with Crippen LogP contribution in [0.15, 0.2) is 33.6 Å². The summed E-state index contributed by atoms with van der Waals surface area (Å²) >= 11 is 3.28. The average Bonchev–Trinajstić information content (AvgIpc) is 2.13. The summed E-state index contributed by atoms with van der Waals surface area (Å²) < 4.78 is 24.7. The van der Waals surface area contributed by atoms with Crippen LogP contribution in [0.5, 0.6) is 0 Å². The lowest BCUT2D eigenvalue weighted by Gasteiger charge is -2.26. The van der Waals surface area contributed by atoms with Gasteiger partial charge in [-0.3, -0.25) is 0 Å². The van der Waals surface area contributed by atoms with Gasteiger partial charge >= 0.3 is 0 Å². The van der Waals surface area contributed by atoms with Gasteiger partial charge in [0, 0.05) is 17.6 Å². The normalized spacial score (nSPS) is 17.4. The Kier molecular flexibility index (Phi) is 3.13. The topological polar surface area (TPSA) is 46.2 Å². The zero-order valence-electron chi connectivity index (χ0n) is 8.11. The molecule has 1 aliphatic heterocycles. The van der Waals surface area contributed by atoms with Crippen molar-refractivity contribution in [3.05, 3.63) is 28.7 Å². The zero-order chi connectivity index (χ0) is 10.9. The number of hydrogen-bond donors (Lipinski definition) is 1. The molecule has 0 aromatic heterocycles. The number of nitrogens with one attached hydrogen (secondary N) is 1. The average molecular weight is 290 g/mol. The summed E-state index contributed by atoms with van der Waals surface area (Å²) in [5.41, 5.74) is 0. The van der Waals surface area contributed by atoms with E-state index < -0.39 is 9.84 Å². The summed E-state index contributed by atoms with van der Waals surface area (Å²) in [5.74, 6) is 0.528. The van der Waals surface area contributed by atoms with Gasteiger partial charge in [0.15, 0.2) is 9.84 Å². The molecule has 1 aromatic rings. The number of halogens is 1. The van der Waals surface area contributed by atoms with E-state index in [1.807, 2.05) is 0 Å². The van der Waals surface area contributed by atoms with E-state index in [1.165, 1.54) is 0 Å². The largest absolute Gasteiger partial charge is 0.316 e. The lowest BCUT2D eigenvalue weighted by molar-refractivity contribution is 0.378. The van der Waals surface area contributed by atoms with E-state index in [4.69, 9.17) is 0 Å². The molecule has 0 saturated carbocycles. The Morgan fingerprint density at radius 1 is 1.27 bits per heavy atom. The maximum atomic E-state index is 11.9. The number of sulfone groups is 1. The fourth-order valence-corrected chi connectivity index (χ4v) is 3.38. The van der Waals surface area contributed by atoms with Crippen LogP contribution in [0.1, 0.15) is 0 Å². The fraction of sp³-hybridized carbons (Fsp3) is 0.400. The lowest BCUT2D eigenvalue weighted by atomic mass is 10.1. The van der Waals surface area contributed by atoms with E-state index in [0.717, 1.165) is 17.6 Å². The molecule has 0 atom stereocenters. The highest BCUT2D eigenvalue weighted by Crippen LogP contribution is 2.18. The third-order valence-corrected chi connectivity index (χ3v) is 4.92. The first-order chi connectivity index (χ1) is 7.08. The zero-order valence-corrected chi connectivity index (χ0v) is 10.5. The van der Waals surface area contributed by atoms with Gasteiger partial charge in [-0.2, -0.15) is 0 Å². The van der Waals surface area contributed by atoms with E-state index in [9.17, 15) is 8.42 Å². The standard InChI is InChI=1S/C10H12BrNO2S/c11-9-1-3-10(4-2-9)15(13,14)7-8-5-12-6-8/h1-4,8,12H,5-7H2. The molecule has 5 heteroatoms. The molecule has 2 rings (SSSR count). The minimum absolute atomic E-state index is 0.252. The van der Waals surface area contributed by atoms with Gasteiger partial charge in [0.1, 0.15) is 0 Å². The predicted molar refractivity (Wildman–Crippen MR) is 62.6 cm³/mol. The summed E-state index contributed by atoms with van der Waals surface area (Å²) in [6.07, 6.45) is 0. The van der Waals surface area contributed by atoms with E-state index in [-0.39, 0.29) is 11.7 Å². The van der Waals surface area contributed by atoms with Gasteiger partial charge in [0.2, 0.25) is 0 Å². The van der Waals surface area contributed by atoms with E-state index in [0.29, 0.717) is 4.90 Å². The SMILES string of the molecule is O=S(=O)(CC1CNC1)c1ccc(Br)cc1. The van der Waals surface area contributed by atoms with Crippen LogP contribution in [0.4, 0.5) is 0 Å². The monoisotopic (exact) mass is 289 g/mol. The quantitative estimate of drug-likeness (QED) is 0.916. The minimum Gasteiger partial charge on any atom is -0.316 e. The third-order valence-electron chi connectivity index (χ3n) is 2.49. The molecule has 1 N–H and O–H groups in total. The van der Waals surface area contributed by atoms with Crippen molar-refractivity contribution < 1.29 is 8.42 Å². The molecule has 1 aromatic carbocycles. The third kappa shape index (κ3) is 2.59. The van der Waals surface area contributed by atoms with Crippen molar-refractivity contribution in [2.45, 2.75) is 4.90 Å². The molecule has 0 amide bonds. The molecule has 3 nitrogen and oxygen atoms in total. The number of rotatable bonds is 3. The van der Waals surface area contributed by atoms with Crippen molar-refractivity contribution in [2.24, 2.45) is 5.92 Å². The predicted octanol–water partition coefficient (Wildman–Crippen LogP) is 1.44. The van der Waals surface area contributed by atoms with Gasteiger partial charge in [-0.05, 0) is 30.2 Å². The molecular weight excluding hydrogens is 278 g/mol. The van der Waals surface area contributed by atoms with Crippen molar-refractivity contribution in [3.8, 4) is 0 Å². The van der Waals surface area contributed by atoms with Gasteiger partial charge < -0.3 is 5.32 Å². The molecule has 82 valence electrons. The molecular formula is C10H12BrNO2S. The molecule has 1 fully saturated rings. The number of benzene rings is 1. The van der Waals surface area contributed by atoms with Gasteiger partial charge in [-0.15, -0.1) is 0 Å². The Morgan fingerprint density at radius 3 is 2.33 bits per heavy atom. The van der Waals surface area contributed by atoms with Crippen LogP contribution >= 0.6 is 15.9 Å². The Balaban J connectivity index is 2.17. The summed E-state index contributed by atoms with van der Waals surface area (Å²) in [6.45, 7) is 1.63. The van der Waals surface area contributed by atoms with Crippen LogP contribution in [0.3, 0.4) is 0 Å². The Labute approximate surface area is 97.9 Å². The molecule has 0 unspecified atom stereocenters.